The van der Waals surface area contributed by atoms with Crippen LogP contribution in [0.15, 0.2) is 30.5 Å². The molecule has 152 valence electrons. The van der Waals surface area contributed by atoms with Crippen molar-refractivity contribution in [2.24, 2.45) is 0 Å². The Balaban J connectivity index is 1.56. The summed E-state index contributed by atoms with van der Waals surface area (Å²) in [6, 6.07) is 4.29. The van der Waals surface area contributed by atoms with Crippen LogP contribution in [0.25, 0.3) is 27.7 Å². The number of carbonyl (C=O) groups excluding carboxylic acids is 1. The maximum absolute atomic E-state index is 14.1. The van der Waals surface area contributed by atoms with E-state index < -0.39 is 11.6 Å². The molecule has 0 saturated carbocycles. The van der Waals surface area contributed by atoms with Crippen LogP contribution in [0.2, 0.25) is 0 Å². The van der Waals surface area contributed by atoms with E-state index in [-0.39, 0.29) is 12.1 Å². The molecular formula is C22H18F2N4O2. The van der Waals surface area contributed by atoms with E-state index >= 15 is 0 Å². The predicted molar refractivity (Wildman–Crippen MR) is 108 cm³/mol. The quantitative estimate of drug-likeness (QED) is 0.660. The second kappa shape index (κ2) is 6.04. The molecule has 1 N–H and O–H groups in total. The zero-order chi connectivity index (χ0) is 20.6. The van der Waals surface area contributed by atoms with Crippen LogP contribution < -0.4 is 4.90 Å². The number of rotatable bonds is 1. The van der Waals surface area contributed by atoms with E-state index in [1.807, 2.05) is 18.0 Å². The second-order valence-corrected chi connectivity index (χ2v) is 7.98. The Morgan fingerprint density at radius 3 is 2.93 bits per heavy atom. The molecule has 1 atom stereocenters. The molecule has 5 heterocycles. The normalized spacial score (nSPS) is 20.0. The monoisotopic (exact) mass is 408 g/mol. The molecule has 0 bridgehead atoms. The number of fused-ring (bicyclic) bond motifs is 3. The van der Waals surface area contributed by atoms with Gasteiger partial charge in [0.1, 0.15) is 12.3 Å². The lowest BCUT2D eigenvalue weighted by molar-refractivity contribution is 0.158. The SMILES string of the molecule is CN1Cc2c(C3=C[C@@H]4COC(=O)N4CC3)[nH]c3nccc(c23)-c2cc(F)c(F)cc21. The van der Waals surface area contributed by atoms with Crippen molar-refractivity contribution in [1.82, 2.24) is 14.9 Å². The number of H-pyrrole nitrogens is 1. The zero-order valence-electron chi connectivity index (χ0n) is 16.2. The molecule has 6 nitrogen and oxygen atoms in total. The lowest BCUT2D eigenvalue weighted by atomic mass is 9.96. The average Bonchev–Trinajstić information content (AvgIpc) is 3.26. The Morgan fingerprint density at radius 2 is 2.07 bits per heavy atom. The van der Waals surface area contributed by atoms with Crippen molar-refractivity contribution in [2.75, 3.05) is 25.1 Å². The van der Waals surface area contributed by atoms with E-state index in [1.165, 1.54) is 12.1 Å². The molecule has 0 unspecified atom stereocenters. The van der Waals surface area contributed by atoms with Crippen molar-refractivity contribution in [3.8, 4) is 11.1 Å². The summed E-state index contributed by atoms with van der Waals surface area (Å²) in [5, 5.41) is 0.922. The van der Waals surface area contributed by atoms with E-state index in [4.69, 9.17) is 4.74 Å². The fraction of sp³-hybridized carbons (Fsp3) is 0.273. The summed E-state index contributed by atoms with van der Waals surface area (Å²) in [7, 11) is 1.87. The molecule has 6 rings (SSSR count). The third kappa shape index (κ3) is 2.33. The molecule has 30 heavy (non-hydrogen) atoms. The van der Waals surface area contributed by atoms with E-state index in [9.17, 15) is 13.6 Å². The van der Waals surface area contributed by atoms with Gasteiger partial charge in [0.15, 0.2) is 11.6 Å². The number of aromatic amines is 1. The number of amides is 1. The number of pyridine rings is 1. The van der Waals surface area contributed by atoms with Crippen LogP contribution in [0.4, 0.5) is 19.3 Å². The number of halogens is 2. The van der Waals surface area contributed by atoms with Crippen molar-refractivity contribution < 1.29 is 18.3 Å². The van der Waals surface area contributed by atoms with E-state index in [0.29, 0.717) is 43.0 Å². The number of aromatic nitrogens is 2. The van der Waals surface area contributed by atoms with Crippen LogP contribution in [0.1, 0.15) is 17.7 Å². The highest BCUT2D eigenvalue weighted by Gasteiger charge is 2.35. The van der Waals surface area contributed by atoms with Gasteiger partial charge in [-0.05, 0) is 29.7 Å². The average molecular weight is 408 g/mol. The number of ether oxygens (including phenoxy) is 1. The first-order valence-electron chi connectivity index (χ1n) is 9.86. The Hall–Kier alpha value is -3.42. The van der Waals surface area contributed by atoms with Gasteiger partial charge in [0.2, 0.25) is 0 Å². The molecule has 3 aromatic rings. The number of nitrogens with zero attached hydrogens (tertiary/aromatic N) is 3. The maximum Gasteiger partial charge on any atom is 0.410 e. The highest BCUT2D eigenvalue weighted by Crippen LogP contribution is 2.44. The molecule has 0 spiro atoms. The second-order valence-electron chi connectivity index (χ2n) is 7.98. The lowest BCUT2D eigenvalue weighted by Gasteiger charge is -2.26. The van der Waals surface area contributed by atoms with Crippen LogP contribution >= 0.6 is 0 Å². The van der Waals surface area contributed by atoms with Crippen molar-refractivity contribution in [3.05, 3.63) is 53.4 Å². The number of hydrogen-bond donors (Lipinski definition) is 1. The summed E-state index contributed by atoms with van der Waals surface area (Å²) < 4.78 is 33.3. The Labute approximate surface area is 170 Å². The van der Waals surface area contributed by atoms with Gasteiger partial charge in [-0.3, -0.25) is 4.90 Å². The Kier molecular flexibility index (Phi) is 3.51. The fourth-order valence-electron chi connectivity index (χ4n) is 4.85. The number of carbonyl (C=O) groups is 1. The molecule has 1 aromatic carbocycles. The number of benzene rings is 1. The number of nitrogens with one attached hydrogen (secondary N) is 1. The third-order valence-corrected chi connectivity index (χ3v) is 6.28. The lowest BCUT2D eigenvalue weighted by Crippen LogP contribution is -2.36. The van der Waals surface area contributed by atoms with Gasteiger partial charge in [-0.2, -0.15) is 0 Å². The van der Waals surface area contributed by atoms with Crippen LogP contribution in [0.5, 0.6) is 0 Å². The van der Waals surface area contributed by atoms with Gasteiger partial charge in [-0.15, -0.1) is 0 Å². The highest BCUT2D eigenvalue weighted by atomic mass is 19.2. The van der Waals surface area contributed by atoms with Gasteiger partial charge >= 0.3 is 6.09 Å². The smallest absolute Gasteiger partial charge is 0.410 e. The van der Waals surface area contributed by atoms with Crippen molar-refractivity contribution in [3.63, 3.8) is 0 Å². The summed E-state index contributed by atoms with van der Waals surface area (Å²) in [6.45, 7) is 1.47. The van der Waals surface area contributed by atoms with Gasteiger partial charge in [-0.25, -0.2) is 18.6 Å². The molecule has 1 amide bonds. The molecule has 3 aliphatic heterocycles. The molecular weight excluding hydrogens is 390 g/mol. The summed E-state index contributed by atoms with van der Waals surface area (Å²) >= 11 is 0. The van der Waals surface area contributed by atoms with Gasteiger partial charge in [0.25, 0.3) is 0 Å². The van der Waals surface area contributed by atoms with Crippen LogP contribution in [-0.2, 0) is 11.3 Å². The fourth-order valence-corrected chi connectivity index (χ4v) is 4.85. The molecule has 1 saturated heterocycles. The summed E-state index contributed by atoms with van der Waals surface area (Å²) in [5.74, 6) is -1.73. The minimum atomic E-state index is -0.868. The van der Waals surface area contributed by atoms with Gasteiger partial charge in [0, 0.05) is 60.3 Å². The van der Waals surface area contributed by atoms with Crippen LogP contribution in [-0.4, -0.2) is 47.2 Å². The van der Waals surface area contributed by atoms with E-state index in [2.05, 4.69) is 16.0 Å². The molecule has 0 radical (unpaired) electrons. The first-order chi connectivity index (χ1) is 14.5. The van der Waals surface area contributed by atoms with Gasteiger partial charge in [-0.1, -0.05) is 6.08 Å². The molecule has 8 heteroatoms. The topological polar surface area (TPSA) is 61.5 Å². The Bertz CT molecular complexity index is 1270. The largest absolute Gasteiger partial charge is 0.447 e. The number of anilines is 1. The van der Waals surface area contributed by atoms with Crippen molar-refractivity contribution in [1.29, 1.82) is 0 Å². The van der Waals surface area contributed by atoms with Crippen LogP contribution in [0, 0.1) is 11.6 Å². The van der Waals surface area contributed by atoms with Gasteiger partial charge < -0.3 is 14.6 Å². The van der Waals surface area contributed by atoms with Crippen molar-refractivity contribution in [2.45, 2.75) is 19.0 Å². The Morgan fingerprint density at radius 1 is 1.23 bits per heavy atom. The molecule has 3 aliphatic rings. The molecule has 0 aliphatic carbocycles. The zero-order valence-corrected chi connectivity index (χ0v) is 16.2. The number of hydrogen-bond acceptors (Lipinski definition) is 4. The standard InChI is InChI=1S/C22H18F2N4O2/c1-27-9-15-19-13(14-7-16(23)17(24)8-18(14)27)2-4-25-21(19)26-20(15)11-3-5-28-12(6-11)10-30-22(28)29/h2,4,6-8,12H,3,5,9-10H2,1H3,(H,25,26)/t12-/m1/s1. The molecule has 1 fully saturated rings. The van der Waals surface area contributed by atoms with E-state index in [1.54, 1.807) is 11.1 Å². The summed E-state index contributed by atoms with van der Waals surface area (Å²) in [5.41, 5.74) is 5.93. The molecule has 2 aromatic heterocycles. The first kappa shape index (κ1) is 17.4. The van der Waals surface area contributed by atoms with Crippen molar-refractivity contribution >= 4 is 28.4 Å². The summed E-state index contributed by atoms with van der Waals surface area (Å²) in [4.78, 5) is 23.4. The third-order valence-electron chi connectivity index (χ3n) is 6.28. The minimum Gasteiger partial charge on any atom is -0.447 e. The number of cyclic esters (lactones) is 1. The highest BCUT2D eigenvalue weighted by molar-refractivity contribution is 6.02. The predicted octanol–water partition coefficient (Wildman–Crippen LogP) is 4.07. The van der Waals surface area contributed by atoms with Crippen LogP contribution in [0.3, 0.4) is 0 Å². The summed E-state index contributed by atoms with van der Waals surface area (Å²) in [6.07, 6.45) is 4.18. The van der Waals surface area contributed by atoms with E-state index in [0.717, 1.165) is 27.8 Å². The van der Waals surface area contributed by atoms with Gasteiger partial charge in [0.05, 0.1) is 6.04 Å². The maximum atomic E-state index is 14.1. The minimum absolute atomic E-state index is 0.0730. The first-order valence-corrected chi connectivity index (χ1v) is 9.86.